The highest BCUT2D eigenvalue weighted by Gasteiger charge is 2.17. The van der Waals surface area contributed by atoms with E-state index in [1.807, 2.05) is 0 Å². The number of nitrogens with zero attached hydrogens (tertiary/aromatic N) is 4. The molecule has 23 heavy (non-hydrogen) atoms. The summed E-state index contributed by atoms with van der Waals surface area (Å²) in [4.78, 5) is 11.7. The normalized spacial score (nSPS) is 10.9. The van der Waals surface area contributed by atoms with Crippen molar-refractivity contribution in [3.05, 3.63) is 53.9 Å². The molecule has 0 bridgehead atoms. The average Bonchev–Trinajstić information content (AvgIpc) is 3.18. The summed E-state index contributed by atoms with van der Waals surface area (Å²) in [6.45, 7) is 0. The Morgan fingerprint density at radius 1 is 1.17 bits per heavy atom. The maximum absolute atomic E-state index is 11.7. The van der Waals surface area contributed by atoms with Gasteiger partial charge in [0.25, 0.3) is 5.91 Å². The number of H-pyrrole nitrogens is 1. The fourth-order valence-electron chi connectivity index (χ4n) is 2.70. The maximum atomic E-state index is 11.7. The average molecular weight is 302 g/mol. The van der Waals surface area contributed by atoms with Gasteiger partial charge in [0.2, 0.25) is 0 Å². The Morgan fingerprint density at radius 2 is 1.96 bits per heavy atom. The van der Waals surface area contributed by atoms with Gasteiger partial charge in [0, 0.05) is 10.8 Å². The lowest BCUT2D eigenvalue weighted by Gasteiger charge is -2.05. The van der Waals surface area contributed by atoms with Crippen LogP contribution in [0.1, 0.15) is 16.1 Å². The molecule has 4 rings (SSSR count). The second-order valence-corrected chi connectivity index (χ2v) is 5.08. The first kappa shape index (κ1) is 13.0. The van der Waals surface area contributed by atoms with Crippen LogP contribution in [0.4, 0.5) is 0 Å². The van der Waals surface area contributed by atoms with Crippen molar-refractivity contribution in [2.45, 2.75) is 0 Å². The Labute approximate surface area is 129 Å². The number of fused-ring (bicyclic) bond motifs is 3. The van der Waals surface area contributed by atoms with Gasteiger partial charge in [-0.25, -0.2) is 0 Å². The van der Waals surface area contributed by atoms with Gasteiger partial charge in [0.05, 0.1) is 34.6 Å². The standard InChI is InChI=1S/C16H10N6O/c17-7-9-1-3-10(4-2-9)22-15-11(14(21-22)16(18)23)5-6-13-12(15)8-19-20-13/h1-6,8,21H,(H2,18,23). The van der Waals surface area contributed by atoms with Crippen molar-refractivity contribution in [1.82, 2.24) is 20.0 Å². The Hall–Kier alpha value is -3.66. The van der Waals surface area contributed by atoms with E-state index in [0.717, 1.165) is 22.1 Å². The van der Waals surface area contributed by atoms with E-state index in [2.05, 4.69) is 21.4 Å². The molecular formula is C16H10N6O. The number of aromatic amines is 1. The molecule has 3 N–H and O–H groups in total. The summed E-state index contributed by atoms with van der Waals surface area (Å²) in [5.74, 6) is -0.547. The van der Waals surface area contributed by atoms with Crippen LogP contribution in [0, 0.1) is 11.3 Å². The molecule has 0 fully saturated rings. The molecule has 2 aromatic heterocycles. The van der Waals surface area contributed by atoms with Crippen molar-refractivity contribution in [2.24, 2.45) is 5.73 Å². The van der Waals surface area contributed by atoms with Crippen LogP contribution in [0.2, 0.25) is 0 Å². The molecule has 0 aliphatic carbocycles. The molecule has 0 aliphatic rings. The molecule has 0 saturated heterocycles. The number of rotatable bonds is 2. The molecule has 0 radical (unpaired) electrons. The molecule has 0 atom stereocenters. The summed E-state index contributed by atoms with van der Waals surface area (Å²) in [6.07, 6.45) is 1.65. The van der Waals surface area contributed by atoms with Crippen LogP contribution in [-0.2, 0) is 0 Å². The van der Waals surface area contributed by atoms with Crippen molar-refractivity contribution in [1.29, 1.82) is 5.26 Å². The molecule has 1 amide bonds. The van der Waals surface area contributed by atoms with E-state index in [1.54, 1.807) is 47.3 Å². The minimum absolute atomic E-state index is 0.312. The third-order valence-corrected chi connectivity index (χ3v) is 3.76. The first-order valence-electron chi connectivity index (χ1n) is 6.84. The van der Waals surface area contributed by atoms with Gasteiger partial charge in [-0.3, -0.25) is 14.6 Å². The molecule has 0 unspecified atom stereocenters. The molecular weight excluding hydrogens is 292 g/mol. The molecule has 7 nitrogen and oxygen atoms in total. The summed E-state index contributed by atoms with van der Waals surface area (Å²) in [6, 6.07) is 12.7. The van der Waals surface area contributed by atoms with Crippen LogP contribution in [0.3, 0.4) is 0 Å². The van der Waals surface area contributed by atoms with Gasteiger partial charge in [-0.1, -0.05) is 0 Å². The largest absolute Gasteiger partial charge is 0.364 e. The Morgan fingerprint density at radius 3 is 2.65 bits per heavy atom. The summed E-state index contributed by atoms with van der Waals surface area (Å²) >= 11 is 0. The Bertz CT molecular complexity index is 1100. The number of nitriles is 1. The highest BCUT2D eigenvalue weighted by molar-refractivity contribution is 6.12. The van der Waals surface area contributed by atoms with E-state index >= 15 is 0 Å². The van der Waals surface area contributed by atoms with E-state index in [-0.39, 0.29) is 0 Å². The lowest BCUT2D eigenvalue weighted by Crippen LogP contribution is -2.12. The summed E-state index contributed by atoms with van der Waals surface area (Å²) in [5, 5.41) is 21.4. The highest BCUT2D eigenvalue weighted by atomic mass is 16.1. The van der Waals surface area contributed by atoms with Crippen LogP contribution in [0.5, 0.6) is 0 Å². The minimum Gasteiger partial charge on any atom is -0.364 e. The lowest BCUT2D eigenvalue weighted by atomic mass is 10.1. The van der Waals surface area contributed by atoms with Gasteiger partial charge < -0.3 is 5.73 Å². The topological polar surface area (TPSA) is 113 Å². The summed E-state index contributed by atoms with van der Waals surface area (Å²) in [7, 11) is 0. The highest BCUT2D eigenvalue weighted by Crippen LogP contribution is 2.28. The third-order valence-electron chi connectivity index (χ3n) is 3.76. The second kappa shape index (κ2) is 4.68. The summed E-state index contributed by atoms with van der Waals surface area (Å²) < 4.78 is 1.75. The number of benzene rings is 2. The van der Waals surface area contributed by atoms with Crippen molar-refractivity contribution < 1.29 is 4.79 Å². The molecule has 2 aromatic carbocycles. The van der Waals surface area contributed by atoms with E-state index in [1.165, 1.54) is 0 Å². The zero-order chi connectivity index (χ0) is 16.0. The molecule has 4 aromatic rings. The van der Waals surface area contributed by atoms with Crippen molar-refractivity contribution >= 4 is 27.7 Å². The number of primary amides is 1. The smallest absolute Gasteiger partial charge is 0.267 e. The number of nitrogens with one attached hydrogen (secondary N) is 1. The maximum Gasteiger partial charge on any atom is 0.267 e. The van der Waals surface area contributed by atoms with E-state index in [9.17, 15) is 4.79 Å². The van der Waals surface area contributed by atoms with Crippen LogP contribution in [0.25, 0.3) is 27.5 Å². The second-order valence-electron chi connectivity index (χ2n) is 5.08. The van der Waals surface area contributed by atoms with Crippen molar-refractivity contribution in [3.63, 3.8) is 0 Å². The fraction of sp³-hybridized carbons (Fsp3) is 0. The number of nitrogens with two attached hydrogens (primary N) is 1. The number of carbonyl (C=O) groups excluding carboxylic acids is 1. The van der Waals surface area contributed by atoms with E-state index < -0.39 is 5.91 Å². The van der Waals surface area contributed by atoms with Gasteiger partial charge in [0.1, 0.15) is 5.69 Å². The fourth-order valence-corrected chi connectivity index (χ4v) is 2.70. The van der Waals surface area contributed by atoms with E-state index in [0.29, 0.717) is 16.6 Å². The number of amides is 1. The molecule has 110 valence electrons. The molecule has 2 heterocycles. The molecule has 0 saturated carbocycles. The number of hydrogen-bond acceptors (Lipinski definition) is 4. The Balaban J connectivity index is 2.10. The Kier molecular flexibility index (Phi) is 2.65. The van der Waals surface area contributed by atoms with Crippen LogP contribution in [-0.4, -0.2) is 25.9 Å². The first-order valence-corrected chi connectivity index (χ1v) is 6.84. The minimum atomic E-state index is -0.547. The number of hydrogen-bond donors (Lipinski definition) is 2. The SMILES string of the molecule is N#Cc1ccc(-n2[nH]c(C(N)=O)c3ccc4nncc4c32)cc1. The van der Waals surface area contributed by atoms with Gasteiger partial charge in [-0.05, 0) is 36.4 Å². The molecule has 0 aliphatic heterocycles. The molecule has 7 heteroatoms. The monoisotopic (exact) mass is 302 g/mol. The first-order chi connectivity index (χ1) is 11.2. The zero-order valence-corrected chi connectivity index (χ0v) is 11.8. The number of aromatic nitrogens is 4. The van der Waals surface area contributed by atoms with Crippen molar-refractivity contribution in [3.8, 4) is 11.8 Å². The zero-order valence-electron chi connectivity index (χ0n) is 11.8. The summed E-state index contributed by atoms with van der Waals surface area (Å²) in [5.41, 5.74) is 8.62. The van der Waals surface area contributed by atoms with Gasteiger partial charge >= 0.3 is 0 Å². The lowest BCUT2D eigenvalue weighted by molar-refractivity contribution is 0.0996. The van der Waals surface area contributed by atoms with Gasteiger partial charge in [-0.15, -0.1) is 0 Å². The van der Waals surface area contributed by atoms with Crippen molar-refractivity contribution in [2.75, 3.05) is 0 Å². The van der Waals surface area contributed by atoms with Crippen LogP contribution in [0.15, 0.2) is 42.6 Å². The quantitative estimate of drug-likeness (QED) is 0.588. The van der Waals surface area contributed by atoms with Gasteiger partial charge in [-0.2, -0.15) is 15.5 Å². The van der Waals surface area contributed by atoms with Crippen LogP contribution >= 0.6 is 0 Å². The molecule has 0 spiro atoms. The van der Waals surface area contributed by atoms with Gasteiger partial charge in [0.15, 0.2) is 0 Å². The van der Waals surface area contributed by atoms with Crippen LogP contribution < -0.4 is 5.73 Å². The van der Waals surface area contributed by atoms with E-state index in [4.69, 9.17) is 11.0 Å². The predicted octanol–water partition coefficient (Wildman–Crippen LogP) is 1.87. The third kappa shape index (κ3) is 1.86. The number of carbonyl (C=O) groups is 1. The predicted molar refractivity (Wildman–Crippen MR) is 84.0 cm³/mol.